The third-order valence-electron chi connectivity index (χ3n) is 4.00. The van der Waals surface area contributed by atoms with Crippen molar-refractivity contribution in [3.8, 4) is 0 Å². The number of benzene rings is 1. The highest BCUT2D eigenvalue weighted by atomic mass is 35.5. The third kappa shape index (κ3) is 2.74. The van der Waals surface area contributed by atoms with Gasteiger partial charge < -0.3 is 9.64 Å². The van der Waals surface area contributed by atoms with Crippen molar-refractivity contribution < 1.29 is 4.74 Å². The quantitative estimate of drug-likeness (QED) is 0.852. The summed E-state index contributed by atoms with van der Waals surface area (Å²) in [7, 11) is 1.59. The first-order valence-electron chi connectivity index (χ1n) is 7.22. The lowest BCUT2D eigenvalue weighted by Crippen LogP contribution is -2.39. The van der Waals surface area contributed by atoms with E-state index in [9.17, 15) is 4.79 Å². The maximum absolute atomic E-state index is 11.9. The predicted molar refractivity (Wildman–Crippen MR) is 86.6 cm³/mol. The summed E-state index contributed by atoms with van der Waals surface area (Å²) < 4.78 is 7.14. The molecule has 1 aromatic heterocycles. The van der Waals surface area contributed by atoms with Crippen molar-refractivity contribution >= 4 is 17.3 Å². The molecule has 0 radical (unpaired) electrons. The van der Waals surface area contributed by atoms with Gasteiger partial charge in [0, 0.05) is 20.1 Å². The Kier molecular flexibility index (Phi) is 4.18. The van der Waals surface area contributed by atoms with Gasteiger partial charge in [0.1, 0.15) is 11.1 Å². The molecule has 0 spiro atoms. The van der Waals surface area contributed by atoms with Gasteiger partial charge in [0.15, 0.2) is 0 Å². The van der Waals surface area contributed by atoms with E-state index in [4.69, 9.17) is 16.3 Å². The van der Waals surface area contributed by atoms with Crippen LogP contribution in [-0.2, 0) is 11.8 Å². The van der Waals surface area contributed by atoms with Gasteiger partial charge >= 0.3 is 0 Å². The van der Waals surface area contributed by atoms with Crippen molar-refractivity contribution in [2.75, 3.05) is 24.6 Å². The van der Waals surface area contributed by atoms with Crippen LogP contribution in [0.1, 0.15) is 17.2 Å². The van der Waals surface area contributed by atoms with E-state index in [1.165, 1.54) is 15.8 Å². The standard InChI is InChI=1S/C16H18ClN3O2/c1-11-5-3-4-6-12(11)14-10-20(7-8-22-14)13-9-18-19(2)16(21)15(13)17/h3-6,9,14H,7-8,10H2,1-2H3. The monoisotopic (exact) mass is 319 g/mol. The fourth-order valence-corrected chi connectivity index (χ4v) is 3.02. The highest BCUT2D eigenvalue weighted by molar-refractivity contribution is 6.33. The Hall–Kier alpha value is -1.85. The fraction of sp³-hybridized carbons (Fsp3) is 0.375. The molecule has 2 aromatic rings. The van der Waals surface area contributed by atoms with Gasteiger partial charge in [0.05, 0.1) is 18.5 Å². The SMILES string of the molecule is Cc1ccccc1C1CN(c2cnn(C)c(=O)c2Cl)CCO1. The van der Waals surface area contributed by atoms with E-state index in [1.54, 1.807) is 13.2 Å². The first kappa shape index (κ1) is 15.1. The zero-order valence-electron chi connectivity index (χ0n) is 12.6. The Morgan fingerprint density at radius 3 is 2.91 bits per heavy atom. The molecule has 6 heteroatoms. The van der Waals surface area contributed by atoms with Crippen molar-refractivity contribution in [3.63, 3.8) is 0 Å². The lowest BCUT2D eigenvalue weighted by atomic mass is 10.0. The van der Waals surface area contributed by atoms with Crippen LogP contribution in [0.3, 0.4) is 0 Å². The minimum Gasteiger partial charge on any atom is -0.370 e. The Morgan fingerprint density at radius 1 is 1.36 bits per heavy atom. The van der Waals surface area contributed by atoms with Crippen LogP contribution in [0.15, 0.2) is 35.3 Å². The number of nitrogens with zero attached hydrogens (tertiary/aromatic N) is 3. The summed E-state index contributed by atoms with van der Waals surface area (Å²) in [5.74, 6) is 0. The van der Waals surface area contributed by atoms with Crippen LogP contribution in [0.4, 0.5) is 5.69 Å². The average molecular weight is 320 g/mol. The van der Waals surface area contributed by atoms with Gasteiger partial charge in [-0.2, -0.15) is 5.10 Å². The van der Waals surface area contributed by atoms with Gasteiger partial charge in [0.25, 0.3) is 5.56 Å². The molecule has 1 unspecified atom stereocenters. The topological polar surface area (TPSA) is 47.4 Å². The first-order valence-corrected chi connectivity index (χ1v) is 7.59. The summed E-state index contributed by atoms with van der Waals surface area (Å²) in [6, 6.07) is 8.18. The highest BCUT2D eigenvalue weighted by Crippen LogP contribution is 2.29. The van der Waals surface area contributed by atoms with E-state index in [0.717, 1.165) is 0 Å². The third-order valence-corrected chi connectivity index (χ3v) is 4.36. The van der Waals surface area contributed by atoms with Gasteiger partial charge in [0.2, 0.25) is 0 Å². The second-order valence-electron chi connectivity index (χ2n) is 5.43. The number of hydrogen-bond acceptors (Lipinski definition) is 4. The molecule has 1 atom stereocenters. The summed E-state index contributed by atoms with van der Waals surface area (Å²) in [4.78, 5) is 14.0. The Bertz CT molecular complexity index is 744. The van der Waals surface area contributed by atoms with Crippen molar-refractivity contribution in [1.82, 2.24) is 9.78 Å². The highest BCUT2D eigenvalue weighted by Gasteiger charge is 2.25. The fourth-order valence-electron chi connectivity index (χ4n) is 2.73. The maximum Gasteiger partial charge on any atom is 0.287 e. The zero-order valence-corrected chi connectivity index (χ0v) is 13.4. The molecule has 3 rings (SSSR count). The molecule has 22 heavy (non-hydrogen) atoms. The van der Waals surface area contributed by atoms with Gasteiger partial charge in [-0.3, -0.25) is 4.79 Å². The largest absolute Gasteiger partial charge is 0.370 e. The summed E-state index contributed by atoms with van der Waals surface area (Å²) >= 11 is 6.20. The van der Waals surface area contributed by atoms with Crippen LogP contribution in [0.25, 0.3) is 0 Å². The van der Waals surface area contributed by atoms with E-state index in [-0.39, 0.29) is 16.7 Å². The van der Waals surface area contributed by atoms with Crippen LogP contribution in [0, 0.1) is 6.92 Å². The molecule has 5 nitrogen and oxygen atoms in total. The molecule has 1 aliphatic heterocycles. The van der Waals surface area contributed by atoms with E-state index in [0.29, 0.717) is 25.4 Å². The zero-order chi connectivity index (χ0) is 15.7. The van der Waals surface area contributed by atoms with E-state index >= 15 is 0 Å². The minimum atomic E-state index is -0.280. The predicted octanol–water partition coefficient (Wildman–Crippen LogP) is 2.32. The molecule has 0 amide bonds. The normalized spacial score (nSPS) is 18.5. The van der Waals surface area contributed by atoms with Gasteiger partial charge in [-0.1, -0.05) is 35.9 Å². The number of ether oxygens (including phenoxy) is 1. The summed E-state index contributed by atoms with van der Waals surface area (Å²) in [6.45, 7) is 4.01. The average Bonchev–Trinajstić information content (AvgIpc) is 2.53. The lowest BCUT2D eigenvalue weighted by molar-refractivity contribution is 0.0394. The molecular formula is C16H18ClN3O2. The molecule has 0 saturated carbocycles. The molecular weight excluding hydrogens is 302 g/mol. The van der Waals surface area contributed by atoms with Crippen LogP contribution in [-0.4, -0.2) is 29.5 Å². The molecule has 0 N–H and O–H groups in total. The van der Waals surface area contributed by atoms with Crippen molar-refractivity contribution in [1.29, 1.82) is 0 Å². The van der Waals surface area contributed by atoms with Gasteiger partial charge in [-0.05, 0) is 18.1 Å². The molecule has 1 saturated heterocycles. The van der Waals surface area contributed by atoms with E-state index in [2.05, 4.69) is 29.1 Å². The Balaban J connectivity index is 1.90. The molecule has 1 fully saturated rings. The van der Waals surface area contributed by atoms with Gasteiger partial charge in [-0.15, -0.1) is 0 Å². The summed E-state index contributed by atoms with van der Waals surface area (Å²) in [5.41, 5.74) is 2.76. The summed E-state index contributed by atoms with van der Waals surface area (Å²) in [6.07, 6.45) is 1.61. The molecule has 0 aliphatic carbocycles. The summed E-state index contributed by atoms with van der Waals surface area (Å²) in [5, 5.41) is 4.28. The van der Waals surface area contributed by atoms with Crippen LogP contribution in [0.2, 0.25) is 5.02 Å². The lowest BCUT2D eigenvalue weighted by Gasteiger charge is -2.35. The van der Waals surface area contributed by atoms with Crippen molar-refractivity contribution in [2.24, 2.45) is 7.05 Å². The molecule has 0 bridgehead atoms. The maximum atomic E-state index is 11.9. The minimum absolute atomic E-state index is 0.0323. The van der Waals surface area contributed by atoms with E-state index < -0.39 is 0 Å². The smallest absolute Gasteiger partial charge is 0.287 e. The second-order valence-corrected chi connectivity index (χ2v) is 5.81. The number of aromatic nitrogens is 2. The number of anilines is 1. The van der Waals surface area contributed by atoms with Gasteiger partial charge in [-0.25, -0.2) is 4.68 Å². The van der Waals surface area contributed by atoms with Crippen LogP contribution in [0.5, 0.6) is 0 Å². The number of morpholine rings is 1. The molecule has 1 aliphatic rings. The Labute approximate surface area is 134 Å². The Morgan fingerprint density at radius 2 is 2.14 bits per heavy atom. The second kappa shape index (κ2) is 6.10. The number of rotatable bonds is 2. The van der Waals surface area contributed by atoms with Crippen LogP contribution < -0.4 is 10.5 Å². The van der Waals surface area contributed by atoms with Crippen molar-refractivity contribution in [2.45, 2.75) is 13.0 Å². The van der Waals surface area contributed by atoms with E-state index in [1.807, 2.05) is 12.1 Å². The van der Waals surface area contributed by atoms with Crippen molar-refractivity contribution in [3.05, 3.63) is 57.0 Å². The molecule has 116 valence electrons. The number of hydrogen-bond donors (Lipinski definition) is 0. The number of halogens is 1. The first-order chi connectivity index (χ1) is 10.6. The van der Waals surface area contributed by atoms with Crippen LogP contribution >= 0.6 is 11.6 Å². The number of aryl methyl sites for hydroxylation is 2. The molecule has 2 heterocycles. The molecule has 1 aromatic carbocycles.